The molecule has 1 fully saturated rings. The maximum atomic E-state index is 11.3. The van der Waals surface area contributed by atoms with Crippen molar-refractivity contribution < 1.29 is 8.42 Å². The number of hydrogen-bond acceptors (Lipinski definition) is 3. The van der Waals surface area contributed by atoms with Gasteiger partial charge in [-0.05, 0) is 43.6 Å². The molecule has 2 N–H and O–H groups in total. The van der Waals surface area contributed by atoms with Crippen molar-refractivity contribution in [2.75, 3.05) is 18.1 Å². The Labute approximate surface area is 93.3 Å². The highest BCUT2D eigenvalue weighted by atomic mass is 32.2. The zero-order chi connectivity index (χ0) is 11.5. The van der Waals surface area contributed by atoms with Gasteiger partial charge >= 0.3 is 0 Å². The van der Waals surface area contributed by atoms with Crippen LogP contribution in [0.25, 0.3) is 0 Å². The third kappa shape index (κ3) is 4.11. The molecular weight excluding hydrogens is 210 g/mol. The zero-order valence-electron chi connectivity index (χ0n) is 9.78. The fraction of sp³-hybridized carbons (Fsp3) is 1.00. The molecule has 1 rings (SSSR count). The molecular formula is C11H23NO2S. The molecule has 0 aromatic carbocycles. The Kier molecular flexibility index (Phi) is 4.59. The van der Waals surface area contributed by atoms with E-state index in [1.54, 1.807) is 0 Å². The number of sulfone groups is 1. The fourth-order valence-electron chi connectivity index (χ4n) is 2.47. The first-order valence-electron chi connectivity index (χ1n) is 5.85. The van der Waals surface area contributed by atoms with E-state index < -0.39 is 9.84 Å². The Hall–Kier alpha value is -0.0900. The molecule has 0 aromatic heterocycles. The molecule has 1 unspecified atom stereocenters. The molecule has 0 amide bonds. The van der Waals surface area contributed by atoms with Crippen LogP contribution in [0.5, 0.6) is 0 Å². The Morgan fingerprint density at radius 3 is 2.20 bits per heavy atom. The van der Waals surface area contributed by atoms with Gasteiger partial charge in [-0.15, -0.1) is 0 Å². The molecule has 1 saturated heterocycles. The first-order chi connectivity index (χ1) is 6.94. The summed E-state index contributed by atoms with van der Waals surface area (Å²) in [6, 6.07) is 0. The Bertz CT molecular complexity index is 271. The zero-order valence-corrected chi connectivity index (χ0v) is 10.6. The van der Waals surface area contributed by atoms with Crippen LogP contribution in [-0.4, -0.2) is 26.5 Å². The van der Waals surface area contributed by atoms with Crippen molar-refractivity contribution in [3.05, 3.63) is 0 Å². The molecule has 0 radical (unpaired) electrons. The van der Waals surface area contributed by atoms with E-state index in [2.05, 4.69) is 13.8 Å². The van der Waals surface area contributed by atoms with Crippen molar-refractivity contribution in [2.24, 2.45) is 23.5 Å². The van der Waals surface area contributed by atoms with Crippen LogP contribution in [0.1, 0.15) is 33.1 Å². The fourth-order valence-corrected chi connectivity index (χ4v) is 3.99. The molecule has 90 valence electrons. The number of hydrogen-bond donors (Lipinski definition) is 1. The third-order valence-corrected chi connectivity index (χ3v) is 5.06. The van der Waals surface area contributed by atoms with Gasteiger partial charge in [0.1, 0.15) is 9.84 Å². The van der Waals surface area contributed by atoms with Crippen molar-refractivity contribution >= 4 is 9.84 Å². The summed E-state index contributed by atoms with van der Waals surface area (Å²) in [6.07, 6.45) is 2.76. The maximum absolute atomic E-state index is 11.3. The SMILES string of the molecule is CC(C)CC(CN)C1CCS(=O)(=O)CC1. The van der Waals surface area contributed by atoms with Gasteiger partial charge in [0.25, 0.3) is 0 Å². The highest BCUT2D eigenvalue weighted by Crippen LogP contribution is 2.29. The summed E-state index contributed by atoms with van der Waals surface area (Å²) < 4.78 is 22.6. The standard InChI is InChI=1S/C11H23NO2S/c1-9(2)7-11(8-12)10-3-5-15(13,14)6-4-10/h9-11H,3-8,12H2,1-2H3. The Morgan fingerprint density at radius 1 is 1.27 bits per heavy atom. The van der Waals surface area contributed by atoms with Crippen LogP contribution in [0, 0.1) is 17.8 Å². The van der Waals surface area contributed by atoms with Gasteiger partial charge < -0.3 is 5.73 Å². The summed E-state index contributed by atoms with van der Waals surface area (Å²) >= 11 is 0. The van der Waals surface area contributed by atoms with Gasteiger partial charge in [-0.1, -0.05) is 13.8 Å². The second kappa shape index (κ2) is 5.30. The van der Waals surface area contributed by atoms with E-state index in [0.717, 1.165) is 19.3 Å². The van der Waals surface area contributed by atoms with Crippen molar-refractivity contribution in [3.63, 3.8) is 0 Å². The van der Waals surface area contributed by atoms with Gasteiger partial charge in [-0.3, -0.25) is 0 Å². The molecule has 0 aliphatic carbocycles. The van der Waals surface area contributed by atoms with Gasteiger partial charge in [0.2, 0.25) is 0 Å². The lowest BCUT2D eigenvalue weighted by Crippen LogP contribution is -2.32. The summed E-state index contributed by atoms with van der Waals surface area (Å²) in [5.41, 5.74) is 5.77. The second-order valence-corrected chi connectivity index (χ2v) is 7.42. The third-order valence-electron chi connectivity index (χ3n) is 3.34. The largest absolute Gasteiger partial charge is 0.330 e. The normalized spacial score (nSPS) is 24.3. The molecule has 1 atom stereocenters. The summed E-state index contributed by atoms with van der Waals surface area (Å²) in [5.74, 6) is 2.43. The van der Waals surface area contributed by atoms with Crippen molar-refractivity contribution in [2.45, 2.75) is 33.1 Å². The molecule has 0 spiro atoms. The Balaban J connectivity index is 2.49. The highest BCUT2D eigenvalue weighted by Gasteiger charge is 2.28. The average molecular weight is 233 g/mol. The van der Waals surface area contributed by atoms with E-state index in [4.69, 9.17) is 5.73 Å². The molecule has 1 aliphatic heterocycles. The van der Waals surface area contributed by atoms with Crippen LogP contribution in [0.4, 0.5) is 0 Å². The lowest BCUT2D eigenvalue weighted by atomic mass is 9.82. The molecule has 1 heterocycles. The van der Waals surface area contributed by atoms with Gasteiger partial charge in [-0.2, -0.15) is 0 Å². The first kappa shape index (κ1) is 13.0. The first-order valence-corrected chi connectivity index (χ1v) is 7.67. The van der Waals surface area contributed by atoms with Crippen LogP contribution >= 0.6 is 0 Å². The van der Waals surface area contributed by atoms with Gasteiger partial charge in [0.05, 0.1) is 11.5 Å². The molecule has 0 bridgehead atoms. The van der Waals surface area contributed by atoms with Crippen molar-refractivity contribution in [1.82, 2.24) is 0 Å². The minimum absolute atomic E-state index is 0.367. The van der Waals surface area contributed by atoms with Crippen molar-refractivity contribution in [3.8, 4) is 0 Å². The monoisotopic (exact) mass is 233 g/mol. The van der Waals surface area contributed by atoms with E-state index in [0.29, 0.717) is 35.8 Å². The summed E-state index contributed by atoms with van der Waals surface area (Å²) in [6.45, 7) is 5.09. The summed E-state index contributed by atoms with van der Waals surface area (Å²) in [7, 11) is -2.73. The van der Waals surface area contributed by atoms with E-state index in [-0.39, 0.29) is 0 Å². The summed E-state index contributed by atoms with van der Waals surface area (Å²) in [4.78, 5) is 0. The van der Waals surface area contributed by atoms with E-state index in [1.807, 2.05) is 0 Å². The molecule has 4 heteroatoms. The van der Waals surface area contributed by atoms with Crippen LogP contribution in [0.2, 0.25) is 0 Å². The predicted octanol–water partition coefficient (Wildman–Crippen LogP) is 1.43. The van der Waals surface area contributed by atoms with Crippen LogP contribution < -0.4 is 5.73 Å². The summed E-state index contributed by atoms with van der Waals surface area (Å²) in [5, 5.41) is 0. The number of nitrogens with two attached hydrogens (primary N) is 1. The molecule has 1 aliphatic rings. The average Bonchev–Trinajstić information content (AvgIpc) is 2.14. The molecule has 0 saturated carbocycles. The Morgan fingerprint density at radius 2 is 1.80 bits per heavy atom. The van der Waals surface area contributed by atoms with Gasteiger partial charge in [-0.25, -0.2) is 8.42 Å². The maximum Gasteiger partial charge on any atom is 0.150 e. The second-order valence-electron chi connectivity index (χ2n) is 5.11. The van der Waals surface area contributed by atoms with Gasteiger partial charge in [0, 0.05) is 0 Å². The van der Waals surface area contributed by atoms with Gasteiger partial charge in [0.15, 0.2) is 0 Å². The lowest BCUT2D eigenvalue weighted by Gasteiger charge is -2.30. The number of rotatable bonds is 4. The van der Waals surface area contributed by atoms with E-state index in [9.17, 15) is 8.42 Å². The molecule has 15 heavy (non-hydrogen) atoms. The predicted molar refractivity (Wildman–Crippen MR) is 63.4 cm³/mol. The van der Waals surface area contributed by atoms with Crippen LogP contribution in [-0.2, 0) is 9.84 Å². The van der Waals surface area contributed by atoms with E-state index >= 15 is 0 Å². The quantitative estimate of drug-likeness (QED) is 0.799. The van der Waals surface area contributed by atoms with Crippen LogP contribution in [0.3, 0.4) is 0 Å². The minimum Gasteiger partial charge on any atom is -0.330 e. The highest BCUT2D eigenvalue weighted by molar-refractivity contribution is 7.91. The van der Waals surface area contributed by atoms with Crippen molar-refractivity contribution in [1.29, 1.82) is 0 Å². The topological polar surface area (TPSA) is 60.2 Å². The van der Waals surface area contributed by atoms with Crippen LogP contribution in [0.15, 0.2) is 0 Å². The lowest BCUT2D eigenvalue weighted by molar-refractivity contribution is 0.268. The molecule has 3 nitrogen and oxygen atoms in total. The molecule has 0 aromatic rings. The van der Waals surface area contributed by atoms with E-state index in [1.165, 1.54) is 0 Å². The smallest absolute Gasteiger partial charge is 0.150 e. The minimum atomic E-state index is -2.73.